The van der Waals surface area contributed by atoms with Crippen LogP contribution in [0, 0.1) is 5.82 Å². The third-order valence-electron chi connectivity index (χ3n) is 2.13. The highest BCUT2D eigenvalue weighted by molar-refractivity contribution is 9.10. The normalized spacial score (nSPS) is 12.7. The summed E-state index contributed by atoms with van der Waals surface area (Å²) in [4.78, 5) is 4.03. The number of hydrogen-bond acceptors (Lipinski definition) is 5. The zero-order valence-corrected chi connectivity index (χ0v) is 10.2. The molecule has 0 saturated heterocycles. The van der Waals surface area contributed by atoms with Crippen LogP contribution in [0.25, 0.3) is 11.4 Å². The Kier molecular flexibility index (Phi) is 3.51. The lowest BCUT2D eigenvalue weighted by molar-refractivity contribution is 0.237. The molecule has 3 N–H and O–H groups in total. The summed E-state index contributed by atoms with van der Waals surface area (Å²) in [5.74, 6) is 0.0610. The minimum absolute atomic E-state index is 0.138. The lowest BCUT2D eigenvalue weighted by atomic mass is 10.2. The Morgan fingerprint density at radius 3 is 2.94 bits per heavy atom. The maximum Gasteiger partial charge on any atom is 0.246 e. The Labute approximate surface area is 105 Å². The molecule has 0 spiro atoms. The van der Waals surface area contributed by atoms with Crippen molar-refractivity contribution < 1.29 is 14.0 Å². The molecule has 0 saturated carbocycles. The number of benzene rings is 1. The van der Waals surface area contributed by atoms with Crippen molar-refractivity contribution >= 4 is 15.9 Å². The number of halogens is 2. The van der Waals surface area contributed by atoms with Gasteiger partial charge >= 0.3 is 0 Å². The topological polar surface area (TPSA) is 85.2 Å². The summed E-state index contributed by atoms with van der Waals surface area (Å²) in [5.41, 5.74) is 6.12. The standard InChI is InChI=1S/C10H9BrFN3O2/c11-7-3-5(12)1-2-6(7)9-14-10(17-15-9)8(13)4-16/h1-3,8,16H,4,13H2. The van der Waals surface area contributed by atoms with E-state index in [4.69, 9.17) is 15.4 Å². The van der Waals surface area contributed by atoms with Crippen molar-refractivity contribution in [1.29, 1.82) is 0 Å². The summed E-state index contributed by atoms with van der Waals surface area (Å²) >= 11 is 3.20. The van der Waals surface area contributed by atoms with E-state index in [-0.39, 0.29) is 24.1 Å². The number of aliphatic hydroxyl groups excluding tert-OH is 1. The van der Waals surface area contributed by atoms with Crippen LogP contribution in [-0.4, -0.2) is 21.9 Å². The molecule has 1 atom stereocenters. The van der Waals surface area contributed by atoms with Crippen LogP contribution < -0.4 is 5.73 Å². The summed E-state index contributed by atoms with van der Waals surface area (Å²) in [5, 5.41) is 12.6. The van der Waals surface area contributed by atoms with Crippen LogP contribution in [-0.2, 0) is 0 Å². The Morgan fingerprint density at radius 1 is 1.53 bits per heavy atom. The molecule has 0 aliphatic rings. The van der Waals surface area contributed by atoms with Crippen LogP contribution in [0.15, 0.2) is 27.2 Å². The van der Waals surface area contributed by atoms with Gasteiger partial charge in [0.2, 0.25) is 11.7 Å². The largest absolute Gasteiger partial charge is 0.394 e. The molecule has 1 heterocycles. The Bertz CT molecular complexity index is 532. The third kappa shape index (κ3) is 2.51. The molecule has 0 amide bonds. The first-order valence-corrected chi connectivity index (χ1v) is 5.56. The van der Waals surface area contributed by atoms with Crippen molar-refractivity contribution in [2.45, 2.75) is 6.04 Å². The monoisotopic (exact) mass is 301 g/mol. The van der Waals surface area contributed by atoms with Crippen molar-refractivity contribution in [3.8, 4) is 11.4 Å². The van der Waals surface area contributed by atoms with Gasteiger partial charge in [0.15, 0.2) is 0 Å². The molecule has 0 aliphatic heterocycles. The van der Waals surface area contributed by atoms with Crippen molar-refractivity contribution in [2.75, 3.05) is 6.61 Å². The summed E-state index contributed by atoms with van der Waals surface area (Å²) in [6, 6.07) is 3.41. The Balaban J connectivity index is 2.37. The summed E-state index contributed by atoms with van der Waals surface area (Å²) in [7, 11) is 0. The first kappa shape index (κ1) is 12.2. The summed E-state index contributed by atoms with van der Waals surface area (Å²) in [6.45, 7) is -0.285. The average Bonchev–Trinajstić information content (AvgIpc) is 2.77. The van der Waals surface area contributed by atoms with Crippen LogP contribution >= 0.6 is 15.9 Å². The van der Waals surface area contributed by atoms with Crippen molar-refractivity contribution in [3.63, 3.8) is 0 Å². The Hall–Kier alpha value is -1.31. The van der Waals surface area contributed by atoms with Crippen LogP contribution in [0.3, 0.4) is 0 Å². The van der Waals surface area contributed by atoms with E-state index >= 15 is 0 Å². The van der Waals surface area contributed by atoms with E-state index in [1.165, 1.54) is 18.2 Å². The summed E-state index contributed by atoms with van der Waals surface area (Å²) < 4.78 is 18.3. The molecule has 17 heavy (non-hydrogen) atoms. The smallest absolute Gasteiger partial charge is 0.246 e. The van der Waals surface area contributed by atoms with Crippen LogP contribution in [0.4, 0.5) is 4.39 Å². The van der Waals surface area contributed by atoms with Gasteiger partial charge < -0.3 is 15.4 Å². The first-order valence-electron chi connectivity index (χ1n) is 4.77. The maximum atomic E-state index is 12.9. The second-order valence-corrected chi connectivity index (χ2v) is 4.22. The van der Waals surface area contributed by atoms with E-state index < -0.39 is 6.04 Å². The molecule has 0 aliphatic carbocycles. The number of nitrogens with two attached hydrogens (primary N) is 1. The van der Waals surface area contributed by atoms with Gasteiger partial charge in [0, 0.05) is 10.0 Å². The van der Waals surface area contributed by atoms with Crippen molar-refractivity contribution in [1.82, 2.24) is 10.1 Å². The lowest BCUT2D eigenvalue weighted by Gasteiger charge is -1.99. The molecular weight excluding hydrogens is 293 g/mol. The van der Waals surface area contributed by atoms with Gasteiger partial charge in [0.25, 0.3) is 0 Å². The van der Waals surface area contributed by atoms with E-state index in [1.807, 2.05) is 0 Å². The molecule has 5 nitrogen and oxygen atoms in total. The van der Waals surface area contributed by atoms with Gasteiger partial charge in [-0.25, -0.2) is 4.39 Å². The number of aromatic nitrogens is 2. The van der Waals surface area contributed by atoms with E-state index in [0.717, 1.165) is 0 Å². The molecule has 0 fully saturated rings. The van der Waals surface area contributed by atoms with Crippen LogP contribution in [0.2, 0.25) is 0 Å². The third-order valence-corrected chi connectivity index (χ3v) is 2.78. The average molecular weight is 302 g/mol. The molecule has 90 valence electrons. The fourth-order valence-corrected chi connectivity index (χ4v) is 1.77. The Morgan fingerprint density at radius 2 is 2.29 bits per heavy atom. The second-order valence-electron chi connectivity index (χ2n) is 3.37. The van der Waals surface area contributed by atoms with Gasteiger partial charge in [0.05, 0.1) is 6.61 Å². The molecule has 0 radical (unpaired) electrons. The minimum atomic E-state index is -0.713. The molecule has 1 unspecified atom stereocenters. The highest BCUT2D eigenvalue weighted by atomic mass is 79.9. The van der Waals surface area contributed by atoms with E-state index in [1.54, 1.807) is 0 Å². The summed E-state index contributed by atoms with van der Waals surface area (Å²) in [6.07, 6.45) is 0. The van der Waals surface area contributed by atoms with Gasteiger partial charge in [-0.1, -0.05) is 5.16 Å². The van der Waals surface area contributed by atoms with E-state index in [0.29, 0.717) is 10.0 Å². The highest BCUT2D eigenvalue weighted by Crippen LogP contribution is 2.27. The molecule has 2 rings (SSSR count). The van der Waals surface area contributed by atoms with Gasteiger partial charge in [-0.15, -0.1) is 0 Å². The lowest BCUT2D eigenvalue weighted by Crippen LogP contribution is -2.14. The number of hydrogen-bond donors (Lipinski definition) is 2. The quantitative estimate of drug-likeness (QED) is 0.900. The predicted molar refractivity (Wildman–Crippen MR) is 61.4 cm³/mol. The maximum absolute atomic E-state index is 12.9. The number of aliphatic hydroxyl groups is 1. The van der Waals surface area contributed by atoms with Crippen LogP contribution in [0.1, 0.15) is 11.9 Å². The molecule has 1 aromatic carbocycles. The second kappa shape index (κ2) is 4.91. The molecule has 1 aromatic heterocycles. The van der Waals surface area contributed by atoms with E-state index in [9.17, 15) is 4.39 Å². The van der Waals surface area contributed by atoms with Gasteiger partial charge in [0.1, 0.15) is 11.9 Å². The first-order chi connectivity index (χ1) is 8.11. The van der Waals surface area contributed by atoms with Crippen LogP contribution in [0.5, 0.6) is 0 Å². The molecular formula is C10H9BrFN3O2. The van der Waals surface area contributed by atoms with Crippen molar-refractivity contribution in [2.24, 2.45) is 5.73 Å². The molecule has 7 heteroatoms. The zero-order chi connectivity index (χ0) is 12.4. The van der Waals surface area contributed by atoms with Gasteiger partial charge in [-0.05, 0) is 34.1 Å². The molecule has 0 bridgehead atoms. The molecule has 2 aromatic rings. The fourth-order valence-electron chi connectivity index (χ4n) is 1.24. The predicted octanol–water partition coefficient (Wildman–Crippen LogP) is 1.63. The van der Waals surface area contributed by atoms with Crippen molar-refractivity contribution in [3.05, 3.63) is 34.4 Å². The minimum Gasteiger partial charge on any atom is -0.394 e. The zero-order valence-electron chi connectivity index (χ0n) is 8.60. The number of rotatable bonds is 3. The highest BCUT2D eigenvalue weighted by Gasteiger charge is 2.16. The number of nitrogens with zero attached hydrogens (tertiary/aromatic N) is 2. The fraction of sp³-hybridized carbons (Fsp3) is 0.200. The SMILES string of the molecule is NC(CO)c1nc(-c2ccc(F)cc2Br)no1. The van der Waals surface area contributed by atoms with E-state index in [2.05, 4.69) is 26.1 Å². The van der Waals surface area contributed by atoms with Gasteiger partial charge in [-0.2, -0.15) is 4.98 Å². The van der Waals surface area contributed by atoms with Gasteiger partial charge in [-0.3, -0.25) is 0 Å².